The Bertz CT molecular complexity index is 1360. The summed E-state index contributed by atoms with van der Waals surface area (Å²) in [5.74, 6) is 2.20. The van der Waals surface area contributed by atoms with Gasteiger partial charge in [-0.25, -0.2) is 18.4 Å². The van der Waals surface area contributed by atoms with Crippen LogP contribution in [-0.4, -0.2) is 59.7 Å². The molecule has 1 aromatic carbocycles. The number of anilines is 1. The van der Waals surface area contributed by atoms with Crippen molar-refractivity contribution >= 4 is 16.0 Å². The number of hydrogen-bond acceptors (Lipinski definition) is 9. The van der Waals surface area contributed by atoms with Crippen LogP contribution < -0.4 is 14.2 Å². The first-order valence-corrected chi connectivity index (χ1v) is 13.8. The van der Waals surface area contributed by atoms with Gasteiger partial charge in [-0.3, -0.25) is 9.29 Å². The molecule has 5 rings (SSSR count). The minimum Gasteiger partial charge on any atom is -0.494 e. The summed E-state index contributed by atoms with van der Waals surface area (Å²) in [5, 5.41) is 7.71. The van der Waals surface area contributed by atoms with Crippen LogP contribution in [0, 0.1) is 12.3 Å². The number of methoxy groups -OCH3 is 3. The number of hydrogen-bond donors (Lipinski definition) is 1. The molecule has 2 unspecified atom stereocenters. The predicted molar refractivity (Wildman–Crippen MR) is 137 cm³/mol. The molecule has 2 aromatic heterocycles. The van der Waals surface area contributed by atoms with Crippen LogP contribution in [0.4, 0.5) is 5.95 Å². The van der Waals surface area contributed by atoms with Gasteiger partial charge >= 0.3 is 0 Å². The fraction of sp³-hybridized carbons (Fsp3) is 0.520. The third kappa shape index (κ3) is 4.63. The van der Waals surface area contributed by atoms with Gasteiger partial charge in [-0.2, -0.15) is 0 Å². The molecule has 3 aromatic rings. The molecular formula is C25H32N6O5S. The van der Waals surface area contributed by atoms with E-state index in [2.05, 4.69) is 24.9 Å². The minimum atomic E-state index is -4.02. The fourth-order valence-electron chi connectivity index (χ4n) is 5.09. The van der Waals surface area contributed by atoms with E-state index in [1.807, 2.05) is 13.0 Å². The van der Waals surface area contributed by atoms with E-state index >= 15 is 0 Å². The Morgan fingerprint density at radius 3 is 2.22 bits per heavy atom. The fourth-order valence-corrected chi connectivity index (χ4v) is 6.22. The highest BCUT2D eigenvalue weighted by Crippen LogP contribution is 2.66. The van der Waals surface area contributed by atoms with Gasteiger partial charge in [0.25, 0.3) is 0 Å². The maximum atomic E-state index is 13.6. The van der Waals surface area contributed by atoms with Gasteiger partial charge in [-0.05, 0) is 62.6 Å². The average Bonchev–Trinajstić information content (AvgIpc) is 3.59. The zero-order chi connectivity index (χ0) is 26.4. The number of nitrogens with one attached hydrogen (secondary N) is 1. The number of sulfonamides is 1. The van der Waals surface area contributed by atoms with Crippen molar-refractivity contribution in [3.05, 3.63) is 47.8 Å². The Hall–Kier alpha value is -3.25. The van der Waals surface area contributed by atoms with Crippen LogP contribution in [0.3, 0.4) is 0 Å². The van der Waals surface area contributed by atoms with Crippen molar-refractivity contribution in [3.8, 4) is 17.2 Å². The van der Waals surface area contributed by atoms with Crippen LogP contribution in [0.15, 0.2) is 30.6 Å². The summed E-state index contributed by atoms with van der Waals surface area (Å²) in [6.45, 7) is 3.41. The van der Waals surface area contributed by atoms with E-state index in [4.69, 9.17) is 14.2 Å². The minimum absolute atomic E-state index is 0.0566. The van der Waals surface area contributed by atoms with Gasteiger partial charge in [0.1, 0.15) is 34.4 Å². The van der Waals surface area contributed by atoms with Gasteiger partial charge in [0.2, 0.25) is 16.0 Å². The van der Waals surface area contributed by atoms with Crippen molar-refractivity contribution in [1.29, 1.82) is 0 Å². The Balaban J connectivity index is 1.54. The zero-order valence-corrected chi connectivity index (χ0v) is 22.4. The Kier molecular flexibility index (Phi) is 6.57. The Labute approximate surface area is 216 Å². The molecule has 0 amide bonds. The number of rotatable bonds is 10. The van der Waals surface area contributed by atoms with E-state index in [0.29, 0.717) is 28.4 Å². The van der Waals surface area contributed by atoms with Crippen molar-refractivity contribution in [2.24, 2.45) is 5.41 Å². The predicted octanol–water partition coefficient (Wildman–Crippen LogP) is 3.56. The smallest absolute Gasteiger partial charge is 0.243 e. The van der Waals surface area contributed by atoms with Crippen LogP contribution in [0.25, 0.3) is 5.69 Å². The summed E-state index contributed by atoms with van der Waals surface area (Å²) >= 11 is 0. The Morgan fingerprint density at radius 2 is 1.68 bits per heavy atom. The van der Waals surface area contributed by atoms with Crippen LogP contribution in [0.2, 0.25) is 0 Å². The first-order valence-electron chi connectivity index (χ1n) is 12.2. The summed E-state index contributed by atoms with van der Waals surface area (Å²) in [4.78, 5) is 8.54. The molecule has 12 heteroatoms. The maximum Gasteiger partial charge on any atom is 0.243 e. The molecule has 0 bridgehead atoms. The number of aromatic nitrogens is 5. The topological polar surface area (TPSA) is 130 Å². The molecule has 1 spiro atoms. The average molecular weight is 529 g/mol. The lowest BCUT2D eigenvalue weighted by Gasteiger charge is -2.35. The van der Waals surface area contributed by atoms with E-state index in [1.165, 1.54) is 20.0 Å². The number of benzene rings is 1. The summed E-state index contributed by atoms with van der Waals surface area (Å²) in [7, 11) is 0.525. The normalized spacial score (nSPS) is 18.2. The molecule has 2 aliphatic carbocycles. The number of para-hydroxylation sites is 1. The number of ether oxygens (including phenoxy) is 3. The summed E-state index contributed by atoms with van der Waals surface area (Å²) in [5.41, 5.74) is 1.82. The molecule has 2 saturated carbocycles. The molecule has 198 valence electrons. The third-order valence-corrected chi connectivity index (χ3v) is 9.15. The highest BCUT2D eigenvalue weighted by Gasteiger charge is 2.54. The zero-order valence-electron chi connectivity index (χ0n) is 21.6. The third-order valence-electron chi connectivity index (χ3n) is 7.45. The lowest BCUT2D eigenvalue weighted by molar-refractivity contribution is 0.0949. The SMILES string of the molecule is COc1cccc(OC)c1-n1c(NS(=O)(=O)C(C)C(OC)c2ncc(C)cn2)nnc1C1CC2(CC2)C1. The highest BCUT2D eigenvalue weighted by atomic mass is 32.2. The molecule has 0 radical (unpaired) electrons. The van der Waals surface area contributed by atoms with Crippen LogP contribution >= 0.6 is 0 Å². The van der Waals surface area contributed by atoms with Crippen molar-refractivity contribution in [1.82, 2.24) is 24.7 Å². The lowest BCUT2D eigenvalue weighted by atomic mass is 9.71. The van der Waals surface area contributed by atoms with Crippen LogP contribution in [0.5, 0.6) is 11.5 Å². The second kappa shape index (κ2) is 9.56. The van der Waals surface area contributed by atoms with Gasteiger partial charge in [0.05, 0.1) is 14.2 Å². The van der Waals surface area contributed by atoms with Crippen molar-refractivity contribution in [3.63, 3.8) is 0 Å². The van der Waals surface area contributed by atoms with Crippen molar-refractivity contribution in [2.75, 3.05) is 26.1 Å². The monoisotopic (exact) mass is 528 g/mol. The van der Waals surface area contributed by atoms with E-state index in [-0.39, 0.29) is 17.7 Å². The largest absolute Gasteiger partial charge is 0.494 e. The molecule has 2 heterocycles. The molecule has 2 fully saturated rings. The van der Waals surface area contributed by atoms with Crippen molar-refractivity contribution < 1.29 is 22.6 Å². The first-order chi connectivity index (χ1) is 17.7. The highest BCUT2D eigenvalue weighted by molar-refractivity contribution is 7.93. The van der Waals surface area contributed by atoms with E-state index in [1.54, 1.807) is 50.2 Å². The van der Waals surface area contributed by atoms with Crippen LogP contribution in [0.1, 0.15) is 61.8 Å². The quantitative estimate of drug-likeness (QED) is 0.420. The van der Waals surface area contributed by atoms with E-state index < -0.39 is 21.4 Å². The maximum absolute atomic E-state index is 13.6. The molecule has 2 atom stereocenters. The van der Waals surface area contributed by atoms with E-state index in [9.17, 15) is 8.42 Å². The lowest BCUT2D eigenvalue weighted by Crippen LogP contribution is -2.33. The summed E-state index contributed by atoms with van der Waals surface area (Å²) < 4.78 is 48.4. The second-order valence-electron chi connectivity index (χ2n) is 9.96. The summed E-state index contributed by atoms with van der Waals surface area (Å²) in [6, 6.07) is 5.40. The molecule has 2 aliphatic rings. The molecule has 0 aliphatic heterocycles. The summed E-state index contributed by atoms with van der Waals surface area (Å²) in [6.07, 6.45) is 6.82. The van der Waals surface area contributed by atoms with Gasteiger partial charge < -0.3 is 14.2 Å². The molecular weight excluding hydrogens is 496 g/mol. The molecule has 1 N–H and O–H groups in total. The van der Waals surface area contributed by atoms with Crippen LogP contribution in [-0.2, 0) is 14.8 Å². The van der Waals surface area contributed by atoms with Gasteiger partial charge in [0, 0.05) is 25.4 Å². The molecule has 0 saturated heterocycles. The number of nitrogens with zero attached hydrogens (tertiary/aromatic N) is 5. The van der Waals surface area contributed by atoms with Crippen molar-refractivity contribution in [2.45, 2.75) is 56.8 Å². The molecule has 37 heavy (non-hydrogen) atoms. The van der Waals surface area contributed by atoms with Gasteiger partial charge in [-0.1, -0.05) is 6.07 Å². The molecule has 11 nitrogen and oxygen atoms in total. The number of aryl methyl sites for hydroxylation is 1. The standard InChI is InChI=1S/C25H32N6O5S/c1-15-13-26-22(27-14-15)21(36-5)16(2)37(32,33)30-24-29-28-23(17-11-25(12-17)9-10-25)31(24)20-18(34-3)7-6-8-19(20)35-4/h6-8,13-14,16-17,21H,9-12H2,1-5H3,(H,29,30). The Morgan fingerprint density at radius 1 is 1.05 bits per heavy atom. The van der Waals surface area contributed by atoms with Gasteiger partial charge in [-0.15, -0.1) is 10.2 Å². The van der Waals surface area contributed by atoms with Gasteiger partial charge in [0.15, 0.2) is 5.82 Å². The second-order valence-corrected chi connectivity index (χ2v) is 12.0. The first kappa shape index (κ1) is 25.4. The van der Waals surface area contributed by atoms with E-state index in [0.717, 1.165) is 18.4 Å².